The van der Waals surface area contributed by atoms with Crippen LogP contribution in [0.4, 0.5) is 5.69 Å². The number of anilines is 1. The number of nitrogens with zero attached hydrogens (tertiary/aromatic N) is 1. The van der Waals surface area contributed by atoms with Gasteiger partial charge in [-0.25, -0.2) is 9.90 Å². The van der Waals surface area contributed by atoms with E-state index >= 15 is 0 Å². The van der Waals surface area contributed by atoms with E-state index < -0.39 is 0 Å². The lowest BCUT2D eigenvalue weighted by atomic mass is 10.0. The molecule has 1 aliphatic heterocycles. The molecule has 0 spiro atoms. The largest absolute Gasteiger partial charge is 0.344 e. The summed E-state index contributed by atoms with van der Waals surface area (Å²) in [4.78, 5) is 6.10. The maximum atomic E-state index is 6.10. The Bertz CT molecular complexity index is 544. The molecule has 0 aromatic heterocycles. The molecule has 1 fully saturated rings. The predicted molar refractivity (Wildman–Crippen MR) is 88.4 cm³/mol. The van der Waals surface area contributed by atoms with E-state index in [9.17, 15) is 0 Å². The molecule has 1 saturated heterocycles. The fourth-order valence-corrected chi connectivity index (χ4v) is 2.75. The van der Waals surface area contributed by atoms with E-state index in [0.29, 0.717) is 0 Å². The highest BCUT2D eigenvalue weighted by Gasteiger charge is 2.37. The molecule has 1 aliphatic rings. The third-order valence-corrected chi connectivity index (χ3v) is 3.61. The van der Waals surface area contributed by atoms with Gasteiger partial charge in [-0.15, -0.1) is 0 Å². The fourth-order valence-electron chi connectivity index (χ4n) is 2.75. The molecule has 2 unspecified atom stereocenters. The van der Waals surface area contributed by atoms with Gasteiger partial charge in [0.15, 0.2) is 6.29 Å². The summed E-state index contributed by atoms with van der Waals surface area (Å²) in [5.41, 5.74) is 2.07. The minimum atomic E-state index is -0.231. The van der Waals surface area contributed by atoms with Gasteiger partial charge in [-0.3, -0.25) is 0 Å². The highest BCUT2D eigenvalue weighted by Crippen LogP contribution is 2.39. The topological polar surface area (TPSA) is 21.7 Å². The normalized spacial score (nSPS) is 22.0. The van der Waals surface area contributed by atoms with Crippen molar-refractivity contribution in [2.45, 2.75) is 45.1 Å². The Balaban J connectivity index is 1.87. The molecule has 0 N–H and O–H groups in total. The standard InChI is InChI=1S/C19H23NO2/c1-19(2,3)21-18-14-17(15-10-6-4-7-11-15)20(22-18)16-12-8-5-9-13-16/h4-13,17-18H,14H2,1-3H3. The first-order chi connectivity index (χ1) is 10.5. The zero-order valence-corrected chi connectivity index (χ0v) is 13.4. The van der Waals surface area contributed by atoms with E-state index in [2.05, 4.69) is 57.2 Å². The Hall–Kier alpha value is -1.84. The van der Waals surface area contributed by atoms with Gasteiger partial charge >= 0.3 is 0 Å². The van der Waals surface area contributed by atoms with Crippen LogP contribution in [-0.4, -0.2) is 11.9 Å². The van der Waals surface area contributed by atoms with Crippen molar-refractivity contribution in [2.75, 3.05) is 5.06 Å². The van der Waals surface area contributed by atoms with E-state index in [1.165, 1.54) is 5.56 Å². The van der Waals surface area contributed by atoms with Gasteiger partial charge in [-0.05, 0) is 38.5 Å². The summed E-state index contributed by atoms with van der Waals surface area (Å²) in [5.74, 6) is 0. The first-order valence-electron chi connectivity index (χ1n) is 7.77. The summed E-state index contributed by atoms with van der Waals surface area (Å²) in [5, 5.41) is 1.98. The van der Waals surface area contributed by atoms with Crippen LogP contribution in [0.5, 0.6) is 0 Å². The Morgan fingerprint density at radius 1 is 0.955 bits per heavy atom. The van der Waals surface area contributed by atoms with Crippen molar-refractivity contribution in [2.24, 2.45) is 0 Å². The number of hydrogen-bond donors (Lipinski definition) is 0. The van der Waals surface area contributed by atoms with Crippen LogP contribution in [-0.2, 0) is 9.57 Å². The van der Waals surface area contributed by atoms with Crippen LogP contribution in [0.2, 0.25) is 0 Å². The molecule has 2 atom stereocenters. The molecule has 0 saturated carbocycles. The number of ether oxygens (including phenoxy) is 1. The maximum absolute atomic E-state index is 6.10. The first kappa shape index (κ1) is 15.1. The molecule has 3 heteroatoms. The number of hydrogen-bond acceptors (Lipinski definition) is 3. The summed E-state index contributed by atoms with van der Waals surface area (Å²) in [7, 11) is 0. The van der Waals surface area contributed by atoms with Crippen molar-refractivity contribution in [1.29, 1.82) is 0 Å². The average molecular weight is 297 g/mol. The highest BCUT2D eigenvalue weighted by atomic mass is 16.8. The second kappa shape index (κ2) is 6.11. The molecule has 3 nitrogen and oxygen atoms in total. The first-order valence-corrected chi connectivity index (χ1v) is 7.77. The molecule has 0 radical (unpaired) electrons. The summed E-state index contributed by atoms with van der Waals surface area (Å²) in [6, 6.07) is 20.8. The van der Waals surface area contributed by atoms with Crippen molar-refractivity contribution in [3.8, 4) is 0 Å². The lowest BCUT2D eigenvalue weighted by Gasteiger charge is -2.26. The smallest absolute Gasteiger partial charge is 0.186 e. The van der Waals surface area contributed by atoms with E-state index in [4.69, 9.17) is 9.57 Å². The van der Waals surface area contributed by atoms with Gasteiger partial charge in [-0.1, -0.05) is 48.5 Å². The van der Waals surface area contributed by atoms with Crippen LogP contribution in [0.15, 0.2) is 60.7 Å². The van der Waals surface area contributed by atoms with Gasteiger partial charge < -0.3 is 4.74 Å². The van der Waals surface area contributed by atoms with Crippen molar-refractivity contribution in [3.63, 3.8) is 0 Å². The molecule has 0 bridgehead atoms. The van der Waals surface area contributed by atoms with E-state index in [1.54, 1.807) is 0 Å². The van der Waals surface area contributed by atoms with E-state index in [-0.39, 0.29) is 17.9 Å². The Kier molecular flexibility index (Phi) is 4.19. The van der Waals surface area contributed by atoms with Crippen LogP contribution in [0.25, 0.3) is 0 Å². The third kappa shape index (κ3) is 3.49. The second-order valence-electron chi connectivity index (χ2n) is 6.59. The maximum Gasteiger partial charge on any atom is 0.186 e. The summed E-state index contributed by atoms with van der Waals surface area (Å²) >= 11 is 0. The molecular weight excluding hydrogens is 274 g/mol. The van der Waals surface area contributed by atoms with Crippen molar-refractivity contribution >= 4 is 5.69 Å². The summed E-state index contributed by atoms with van der Waals surface area (Å²) in [6.07, 6.45) is 0.585. The van der Waals surface area contributed by atoms with Gasteiger partial charge in [0.05, 0.1) is 17.3 Å². The molecule has 116 valence electrons. The minimum absolute atomic E-state index is 0.163. The lowest BCUT2D eigenvalue weighted by Crippen LogP contribution is -2.28. The van der Waals surface area contributed by atoms with Crippen molar-refractivity contribution in [3.05, 3.63) is 66.2 Å². The van der Waals surface area contributed by atoms with Crippen LogP contribution in [0.3, 0.4) is 0 Å². The minimum Gasteiger partial charge on any atom is -0.344 e. The van der Waals surface area contributed by atoms with Crippen LogP contribution < -0.4 is 5.06 Å². The number of rotatable bonds is 3. The molecule has 2 aromatic carbocycles. The molecule has 2 aromatic rings. The fraction of sp³-hybridized carbons (Fsp3) is 0.368. The Labute approximate surface area is 132 Å². The molecule has 22 heavy (non-hydrogen) atoms. The zero-order chi connectivity index (χ0) is 15.6. The van der Waals surface area contributed by atoms with Crippen LogP contribution in [0.1, 0.15) is 38.8 Å². The molecule has 0 amide bonds. The number of benzene rings is 2. The average Bonchev–Trinajstić information content (AvgIpc) is 2.91. The molecule has 0 aliphatic carbocycles. The van der Waals surface area contributed by atoms with Crippen molar-refractivity contribution < 1.29 is 9.57 Å². The van der Waals surface area contributed by atoms with Crippen LogP contribution >= 0.6 is 0 Å². The Morgan fingerprint density at radius 2 is 1.55 bits per heavy atom. The zero-order valence-electron chi connectivity index (χ0n) is 13.4. The molecule has 3 rings (SSSR count). The lowest BCUT2D eigenvalue weighted by molar-refractivity contribution is -0.176. The van der Waals surface area contributed by atoms with Crippen LogP contribution in [0, 0.1) is 0 Å². The molecule has 1 heterocycles. The van der Waals surface area contributed by atoms with Crippen molar-refractivity contribution in [1.82, 2.24) is 0 Å². The highest BCUT2D eigenvalue weighted by molar-refractivity contribution is 5.47. The van der Waals surface area contributed by atoms with Gasteiger partial charge in [0, 0.05) is 6.42 Å². The third-order valence-electron chi connectivity index (χ3n) is 3.61. The monoisotopic (exact) mass is 297 g/mol. The SMILES string of the molecule is CC(C)(C)OC1CC(c2ccccc2)N(c2ccccc2)O1. The van der Waals surface area contributed by atoms with Gasteiger partial charge in [-0.2, -0.15) is 0 Å². The van der Waals surface area contributed by atoms with E-state index in [0.717, 1.165) is 12.1 Å². The number of hydroxylamine groups is 1. The van der Waals surface area contributed by atoms with E-state index in [1.807, 2.05) is 29.3 Å². The van der Waals surface area contributed by atoms with Gasteiger partial charge in [0.2, 0.25) is 0 Å². The quantitative estimate of drug-likeness (QED) is 0.819. The number of para-hydroxylation sites is 1. The summed E-state index contributed by atoms with van der Waals surface area (Å²) < 4.78 is 6.04. The molecular formula is C19H23NO2. The second-order valence-corrected chi connectivity index (χ2v) is 6.59. The summed E-state index contributed by atoms with van der Waals surface area (Å²) in [6.45, 7) is 6.16. The van der Waals surface area contributed by atoms with Gasteiger partial charge in [0.25, 0.3) is 0 Å². The predicted octanol–water partition coefficient (Wildman–Crippen LogP) is 4.71. The Morgan fingerprint density at radius 3 is 2.14 bits per heavy atom. The van der Waals surface area contributed by atoms with Gasteiger partial charge in [0.1, 0.15) is 0 Å².